The molecule has 0 aliphatic heterocycles. The van der Waals surface area contributed by atoms with Gasteiger partial charge in [-0.05, 0) is 56.6 Å². The fraction of sp³-hybridized carbons (Fsp3) is 0.538. The van der Waals surface area contributed by atoms with Crippen molar-refractivity contribution >= 4 is 11.8 Å². The lowest BCUT2D eigenvalue weighted by molar-refractivity contribution is -0.145. The zero-order valence-electron chi connectivity index (χ0n) is 19.5. The number of hydrogen-bond donors (Lipinski definition) is 0. The van der Waals surface area contributed by atoms with E-state index in [-0.39, 0.29) is 17.8 Å². The summed E-state index contributed by atoms with van der Waals surface area (Å²) < 4.78 is 5.03. The number of ether oxygens (including phenoxy) is 1. The van der Waals surface area contributed by atoms with E-state index in [9.17, 15) is 9.59 Å². The lowest BCUT2D eigenvalue weighted by Gasteiger charge is -2.32. The third kappa shape index (κ3) is 8.81. The van der Waals surface area contributed by atoms with Crippen LogP contribution in [0.5, 0.6) is 0 Å². The third-order valence-corrected chi connectivity index (χ3v) is 5.30. The molecule has 0 saturated carbocycles. The van der Waals surface area contributed by atoms with Crippen molar-refractivity contribution < 1.29 is 14.3 Å². The van der Waals surface area contributed by atoms with Crippen LogP contribution in [-0.4, -0.2) is 18.4 Å². The van der Waals surface area contributed by atoms with Crippen molar-refractivity contribution in [3.63, 3.8) is 0 Å². The smallest absolute Gasteiger partial charge is 0.331 e. The van der Waals surface area contributed by atoms with Crippen molar-refractivity contribution in [1.29, 1.82) is 0 Å². The van der Waals surface area contributed by atoms with Gasteiger partial charge in [0, 0.05) is 11.5 Å². The maximum atomic E-state index is 11.8. The van der Waals surface area contributed by atoms with Crippen LogP contribution in [0, 0.1) is 10.8 Å². The van der Waals surface area contributed by atoms with Crippen LogP contribution in [0.1, 0.15) is 74.7 Å². The number of allylic oxidation sites excluding steroid dienone is 9. The minimum absolute atomic E-state index is 0.0933. The first-order valence-electron chi connectivity index (χ1n) is 10.4. The quantitative estimate of drug-likeness (QED) is 0.273. The Hall–Kier alpha value is -2.16. The standard InChI is InChI=1S/C26H38O3/c1-19(14-15-22-21(3)13-10-16-26(22,7)8)11-9-12-20(2)17-24(28)29-18-23(27)25(4,5)6/h9,11-12,14-15,17H,10,13,16,18H2,1-8H3. The molecule has 0 N–H and O–H groups in total. The normalized spacial score (nSPS) is 18.6. The van der Waals surface area contributed by atoms with Crippen molar-refractivity contribution in [3.05, 3.63) is 58.7 Å². The molecule has 0 radical (unpaired) electrons. The van der Waals surface area contributed by atoms with Gasteiger partial charge in [-0.1, -0.05) is 76.1 Å². The molecular formula is C26H38O3. The summed E-state index contributed by atoms with van der Waals surface area (Å²) in [7, 11) is 0. The topological polar surface area (TPSA) is 43.4 Å². The Balaban J connectivity index is 2.65. The van der Waals surface area contributed by atoms with Crippen molar-refractivity contribution in [2.75, 3.05) is 6.61 Å². The van der Waals surface area contributed by atoms with Gasteiger partial charge in [0.2, 0.25) is 0 Å². The number of Topliss-reactive ketones (excluding diaryl/α,β-unsaturated/α-hetero) is 1. The largest absolute Gasteiger partial charge is 0.454 e. The predicted molar refractivity (Wildman–Crippen MR) is 122 cm³/mol. The average molecular weight is 399 g/mol. The number of hydrogen-bond acceptors (Lipinski definition) is 3. The fourth-order valence-electron chi connectivity index (χ4n) is 3.26. The molecule has 0 atom stereocenters. The fourth-order valence-corrected chi connectivity index (χ4v) is 3.26. The highest BCUT2D eigenvalue weighted by molar-refractivity contribution is 5.89. The highest BCUT2D eigenvalue weighted by atomic mass is 16.5. The molecule has 1 aliphatic carbocycles. The Kier molecular flexibility index (Phi) is 9.07. The van der Waals surface area contributed by atoms with Crippen LogP contribution in [0.3, 0.4) is 0 Å². The van der Waals surface area contributed by atoms with E-state index in [1.165, 1.54) is 36.5 Å². The number of esters is 1. The van der Waals surface area contributed by atoms with E-state index >= 15 is 0 Å². The molecule has 0 heterocycles. The predicted octanol–water partition coefficient (Wildman–Crippen LogP) is 6.68. The molecule has 3 nitrogen and oxygen atoms in total. The van der Waals surface area contributed by atoms with Gasteiger partial charge in [0.05, 0.1) is 0 Å². The van der Waals surface area contributed by atoms with E-state index in [0.717, 1.165) is 11.1 Å². The van der Waals surface area contributed by atoms with Gasteiger partial charge in [-0.2, -0.15) is 0 Å². The molecule has 0 fully saturated rings. The van der Waals surface area contributed by atoms with Crippen LogP contribution in [0.15, 0.2) is 58.7 Å². The summed E-state index contributed by atoms with van der Waals surface area (Å²) in [6, 6.07) is 0. The van der Waals surface area contributed by atoms with E-state index < -0.39 is 11.4 Å². The molecule has 1 rings (SSSR count). The summed E-state index contributed by atoms with van der Waals surface area (Å²) in [5.74, 6) is -0.587. The highest BCUT2D eigenvalue weighted by Gasteiger charge is 2.26. The molecule has 0 bridgehead atoms. The van der Waals surface area contributed by atoms with Gasteiger partial charge in [0.1, 0.15) is 0 Å². The Morgan fingerprint density at radius 2 is 1.76 bits per heavy atom. The maximum Gasteiger partial charge on any atom is 0.331 e. The van der Waals surface area contributed by atoms with Crippen molar-refractivity contribution in [2.24, 2.45) is 10.8 Å². The van der Waals surface area contributed by atoms with Gasteiger partial charge in [-0.15, -0.1) is 0 Å². The van der Waals surface area contributed by atoms with E-state index in [1.54, 1.807) is 0 Å². The zero-order chi connectivity index (χ0) is 22.2. The number of rotatable bonds is 7. The second kappa shape index (κ2) is 10.6. The molecule has 0 aromatic rings. The van der Waals surface area contributed by atoms with Crippen molar-refractivity contribution in [3.8, 4) is 0 Å². The molecule has 0 aromatic heterocycles. The average Bonchev–Trinajstić information content (AvgIpc) is 2.57. The maximum absolute atomic E-state index is 11.8. The summed E-state index contributed by atoms with van der Waals surface area (Å²) in [4.78, 5) is 23.6. The monoisotopic (exact) mass is 398 g/mol. The van der Waals surface area contributed by atoms with Gasteiger partial charge < -0.3 is 4.74 Å². The van der Waals surface area contributed by atoms with Gasteiger partial charge in [0.15, 0.2) is 12.4 Å². The Morgan fingerprint density at radius 3 is 2.34 bits per heavy atom. The molecule has 0 spiro atoms. The van der Waals surface area contributed by atoms with Gasteiger partial charge in [0.25, 0.3) is 0 Å². The molecule has 29 heavy (non-hydrogen) atoms. The first-order valence-corrected chi connectivity index (χ1v) is 10.4. The van der Waals surface area contributed by atoms with Crippen molar-refractivity contribution in [1.82, 2.24) is 0 Å². The van der Waals surface area contributed by atoms with Crippen LogP contribution >= 0.6 is 0 Å². The molecule has 3 heteroatoms. The Bertz CT molecular complexity index is 762. The molecule has 1 aliphatic rings. The van der Waals surface area contributed by atoms with Crippen LogP contribution in [0.25, 0.3) is 0 Å². The minimum atomic E-state index is -0.504. The number of ketones is 1. The minimum Gasteiger partial charge on any atom is -0.454 e. The first kappa shape index (κ1) is 24.9. The van der Waals surface area contributed by atoms with E-state index in [4.69, 9.17) is 4.74 Å². The van der Waals surface area contributed by atoms with Crippen LogP contribution in [0.4, 0.5) is 0 Å². The Labute approximate surface area is 177 Å². The summed E-state index contributed by atoms with van der Waals surface area (Å²) in [6.07, 6.45) is 15.3. The SMILES string of the molecule is CC(C=CC1=C(C)CCCC1(C)C)=CC=CC(C)=CC(=O)OCC(=O)C(C)(C)C. The lowest BCUT2D eigenvalue weighted by atomic mass is 9.72. The van der Waals surface area contributed by atoms with Crippen molar-refractivity contribution in [2.45, 2.75) is 74.7 Å². The summed E-state index contributed by atoms with van der Waals surface area (Å²) in [5, 5.41) is 0. The second-order valence-corrected chi connectivity index (χ2v) is 9.70. The van der Waals surface area contributed by atoms with Crippen LogP contribution in [-0.2, 0) is 14.3 Å². The van der Waals surface area contributed by atoms with Gasteiger partial charge in [-0.3, -0.25) is 4.79 Å². The third-order valence-electron chi connectivity index (χ3n) is 5.30. The summed E-state index contributed by atoms with van der Waals surface area (Å²) in [6.45, 7) is 16.0. The van der Waals surface area contributed by atoms with E-state index in [1.807, 2.05) is 45.9 Å². The Morgan fingerprint density at radius 1 is 1.10 bits per heavy atom. The molecule has 160 valence electrons. The molecule has 0 amide bonds. The molecule has 0 saturated heterocycles. The summed E-state index contributed by atoms with van der Waals surface area (Å²) in [5.41, 5.74) is 4.60. The van der Waals surface area contributed by atoms with E-state index in [2.05, 4.69) is 39.8 Å². The lowest BCUT2D eigenvalue weighted by Crippen LogP contribution is -2.26. The van der Waals surface area contributed by atoms with Crippen LogP contribution < -0.4 is 0 Å². The molecule has 0 aromatic carbocycles. The first-order chi connectivity index (χ1) is 13.3. The van der Waals surface area contributed by atoms with Gasteiger partial charge in [-0.25, -0.2) is 4.79 Å². The molecular weight excluding hydrogens is 360 g/mol. The summed E-state index contributed by atoms with van der Waals surface area (Å²) >= 11 is 0. The molecule has 0 unspecified atom stereocenters. The highest BCUT2D eigenvalue weighted by Crippen LogP contribution is 2.40. The van der Waals surface area contributed by atoms with E-state index in [0.29, 0.717) is 0 Å². The zero-order valence-corrected chi connectivity index (χ0v) is 19.5. The second-order valence-electron chi connectivity index (χ2n) is 9.70. The van der Waals surface area contributed by atoms with Gasteiger partial charge >= 0.3 is 5.97 Å². The number of carbonyl (C=O) groups is 2. The van der Waals surface area contributed by atoms with Crippen LogP contribution in [0.2, 0.25) is 0 Å². The number of carbonyl (C=O) groups excluding carboxylic acids is 2.